The van der Waals surface area contributed by atoms with Crippen LogP contribution in [0.15, 0.2) is 24.3 Å². The molecule has 2 N–H and O–H groups in total. The minimum atomic E-state index is -0.551. The van der Waals surface area contributed by atoms with Gasteiger partial charge in [-0.05, 0) is 6.07 Å². The number of carbonyl (C=O) groups is 1. The molecule has 1 aromatic carbocycles. The van der Waals surface area contributed by atoms with Gasteiger partial charge in [-0.15, -0.1) is 0 Å². The number of fused-ring (bicyclic) bond motifs is 1. The largest absolute Gasteiger partial charge is 0.480 e. The van der Waals surface area contributed by atoms with E-state index >= 15 is 0 Å². The number of nitrogens with two attached hydrogens (primary N) is 1. The summed E-state index contributed by atoms with van der Waals surface area (Å²) in [6, 6.07) is 10.0. The molecule has 1 aromatic heterocycles. The van der Waals surface area contributed by atoms with Crippen LogP contribution in [0.4, 0.5) is 0 Å². The van der Waals surface area contributed by atoms with E-state index in [-0.39, 0.29) is 11.4 Å². The number of benzene rings is 1. The van der Waals surface area contributed by atoms with Crippen molar-refractivity contribution in [2.24, 2.45) is 5.73 Å². The molecule has 1 amide bonds. The average molecular weight is 201 g/mol. The third-order valence-electron chi connectivity index (χ3n) is 2.07. The zero-order valence-corrected chi connectivity index (χ0v) is 8.15. The molecule has 0 spiro atoms. The average Bonchev–Trinajstić information content (AvgIpc) is 2.27. The molecule has 0 unspecified atom stereocenters. The molecule has 1 radical (unpaired) electrons. The first-order valence-electron chi connectivity index (χ1n) is 4.37. The Balaban J connectivity index is 2.74. The summed E-state index contributed by atoms with van der Waals surface area (Å²) in [6.07, 6.45) is 0. The van der Waals surface area contributed by atoms with E-state index in [1.807, 2.05) is 12.1 Å². The zero-order valence-electron chi connectivity index (χ0n) is 8.15. The van der Waals surface area contributed by atoms with Gasteiger partial charge in [0, 0.05) is 11.5 Å². The highest BCUT2D eigenvalue weighted by atomic mass is 16.5. The number of para-hydroxylation sites is 1. The summed E-state index contributed by atoms with van der Waals surface area (Å²) in [7, 11) is 1.45. The van der Waals surface area contributed by atoms with Gasteiger partial charge < -0.3 is 10.5 Å². The smallest absolute Gasteiger partial charge is 0.254 e. The second-order valence-electron chi connectivity index (χ2n) is 3.02. The lowest BCUT2D eigenvalue weighted by atomic mass is 10.1. The summed E-state index contributed by atoms with van der Waals surface area (Å²) in [4.78, 5) is 15.3. The zero-order chi connectivity index (χ0) is 10.8. The Bertz CT molecular complexity index is 523. The van der Waals surface area contributed by atoms with Crippen LogP contribution in [0.1, 0.15) is 10.4 Å². The second-order valence-corrected chi connectivity index (χ2v) is 3.02. The van der Waals surface area contributed by atoms with E-state index in [1.165, 1.54) is 7.11 Å². The number of primary amides is 1. The number of rotatable bonds is 2. The second kappa shape index (κ2) is 3.57. The first kappa shape index (κ1) is 9.45. The monoisotopic (exact) mass is 201 g/mol. The molecule has 4 nitrogen and oxygen atoms in total. The van der Waals surface area contributed by atoms with Crippen LogP contribution in [0.5, 0.6) is 5.88 Å². The number of ether oxygens (including phenoxy) is 1. The number of pyridine rings is 1. The maximum Gasteiger partial charge on any atom is 0.254 e. The van der Waals surface area contributed by atoms with Gasteiger partial charge in [0.15, 0.2) is 0 Å². The molecule has 0 aliphatic rings. The van der Waals surface area contributed by atoms with Crippen LogP contribution in [0.25, 0.3) is 10.9 Å². The maximum absolute atomic E-state index is 11.1. The Morgan fingerprint density at radius 2 is 2.40 bits per heavy atom. The summed E-state index contributed by atoms with van der Waals surface area (Å²) < 4.78 is 4.98. The molecule has 2 aromatic rings. The van der Waals surface area contributed by atoms with Crippen molar-refractivity contribution >= 4 is 16.8 Å². The van der Waals surface area contributed by atoms with Crippen LogP contribution in [0, 0.1) is 6.07 Å². The van der Waals surface area contributed by atoms with E-state index in [0.717, 1.165) is 5.39 Å². The van der Waals surface area contributed by atoms with E-state index in [4.69, 9.17) is 10.5 Å². The van der Waals surface area contributed by atoms with Crippen LogP contribution in [-0.4, -0.2) is 18.0 Å². The normalized spacial score (nSPS) is 10.2. The highest BCUT2D eigenvalue weighted by molar-refractivity contribution is 5.98. The van der Waals surface area contributed by atoms with Gasteiger partial charge in [-0.25, -0.2) is 4.98 Å². The van der Waals surface area contributed by atoms with E-state index in [9.17, 15) is 4.79 Å². The first-order valence-corrected chi connectivity index (χ1v) is 4.37. The highest BCUT2D eigenvalue weighted by Crippen LogP contribution is 2.20. The van der Waals surface area contributed by atoms with Crippen molar-refractivity contribution in [3.8, 4) is 5.88 Å². The fourth-order valence-electron chi connectivity index (χ4n) is 1.37. The van der Waals surface area contributed by atoms with E-state index in [1.54, 1.807) is 12.1 Å². The maximum atomic E-state index is 11.1. The summed E-state index contributed by atoms with van der Waals surface area (Å²) in [6.45, 7) is 0. The van der Waals surface area contributed by atoms with Crippen LogP contribution < -0.4 is 10.5 Å². The number of methoxy groups -OCH3 is 1. The quantitative estimate of drug-likeness (QED) is 0.792. The SMILES string of the molecule is COc1nc2[c]cccc2cc1C(N)=O. The molecular weight excluding hydrogens is 192 g/mol. The Labute approximate surface area is 86.7 Å². The summed E-state index contributed by atoms with van der Waals surface area (Å²) in [5.41, 5.74) is 6.15. The third kappa shape index (κ3) is 1.61. The van der Waals surface area contributed by atoms with Gasteiger partial charge in [0.05, 0.1) is 12.6 Å². The van der Waals surface area contributed by atoms with Crippen molar-refractivity contribution in [2.45, 2.75) is 0 Å². The number of hydrogen-bond donors (Lipinski definition) is 1. The predicted molar refractivity (Wildman–Crippen MR) is 55.6 cm³/mol. The number of carbonyl (C=O) groups excluding carboxylic acids is 1. The van der Waals surface area contributed by atoms with Crippen molar-refractivity contribution in [1.82, 2.24) is 4.98 Å². The number of amides is 1. The number of hydrogen-bond acceptors (Lipinski definition) is 3. The van der Waals surface area contributed by atoms with Crippen molar-refractivity contribution in [1.29, 1.82) is 0 Å². The molecule has 0 atom stereocenters. The molecule has 0 aliphatic heterocycles. The van der Waals surface area contributed by atoms with Crippen LogP contribution in [0.3, 0.4) is 0 Å². The fraction of sp³-hybridized carbons (Fsp3) is 0.0909. The van der Waals surface area contributed by atoms with Crippen LogP contribution >= 0.6 is 0 Å². The van der Waals surface area contributed by atoms with Gasteiger partial charge in [-0.2, -0.15) is 0 Å². The predicted octanol–water partition coefficient (Wildman–Crippen LogP) is 1.14. The highest BCUT2D eigenvalue weighted by Gasteiger charge is 2.11. The molecule has 0 bridgehead atoms. The molecule has 0 saturated heterocycles. The minimum Gasteiger partial charge on any atom is -0.480 e. The Morgan fingerprint density at radius 3 is 3.07 bits per heavy atom. The van der Waals surface area contributed by atoms with Crippen molar-refractivity contribution in [3.05, 3.63) is 35.9 Å². The lowest BCUT2D eigenvalue weighted by Crippen LogP contribution is -2.13. The lowest BCUT2D eigenvalue weighted by Gasteiger charge is -2.05. The van der Waals surface area contributed by atoms with E-state index < -0.39 is 5.91 Å². The topological polar surface area (TPSA) is 65.2 Å². The molecule has 4 heteroatoms. The standard InChI is InChI=1S/C11H9N2O2/c1-15-11-8(10(12)14)6-7-4-2-3-5-9(7)13-11/h2-4,6H,1H3,(H2,12,14). The molecule has 75 valence electrons. The number of nitrogens with zero attached hydrogens (tertiary/aromatic N) is 1. The van der Waals surface area contributed by atoms with Gasteiger partial charge in [0.2, 0.25) is 5.88 Å². The van der Waals surface area contributed by atoms with Gasteiger partial charge in [0.1, 0.15) is 5.56 Å². The van der Waals surface area contributed by atoms with Gasteiger partial charge in [-0.3, -0.25) is 4.79 Å². The van der Waals surface area contributed by atoms with E-state index in [2.05, 4.69) is 11.1 Å². The van der Waals surface area contributed by atoms with Crippen molar-refractivity contribution < 1.29 is 9.53 Å². The van der Waals surface area contributed by atoms with Gasteiger partial charge >= 0.3 is 0 Å². The van der Waals surface area contributed by atoms with Crippen LogP contribution in [0.2, 0.25) is 0 Å². The molecule has 15 heavy (non-hydrogen) atoms. The number of aromatic nitrogens is 1. The third-order valence-corrected chi connectivity index (χ3v) is 2.07. The summed E-state index contributed by atoms with van der Waals surface area (Å²) in [5, 5.41) is 0.812. The molecule has 0 fully saturated rings. The van der Waals surface area contributed by atoms with E-state index in [0.29, 0.717) is 5.52 Å². The fourth-order valence-corrected chi connectivity index (χ4v) is 1.37. The first-order chi connectivity index (χ1) is 7.22. The molecular formula is C11H9N2O2. The Kier molecular flexibility index (Phi) is 2.25. The molecule has 0 saturated carbocycles. The Hall–Kier alpha value is -2.10. The summed E-state index contributed by atoms with van der Waals surface area (Å²) in [5.74, 6) is -0.317. The van der Waals surface area contributed by atoms with Crippen LogP contribution in [-0.2, 0) is 0 Å². The minimum absolute atomic E-state index is 0.234. The summed E-state index contributed by atoms with van der Waals surface area (Å²) >= 11 is 0. The molecule has 1 heterocycles. The van der Waals surface area contributed by atoms with Crippen molar-refractivity contribution in [3.63, 3.8) is 0 Å². The lowest BCUT2D eigenvalue weighted by molar-refractivity contribution is 0.0997. The molecule has 2 rings (SSSR count). The van der Waals surface area contributed by atoms with Gasteiger partial charge in [-0.1, -0.05) is 18.2 Å². The Morgan fingerprint density at radius 1 is 1.60 bits per heavy atom. The van der Waals surface area contributed by atoms with Gasteiger partial charge in [0.25, 0.3) is 5.91 Å². The molecule has 0 aliphatic carbocycles. The van der Waals surface area contributed by atoms with Crippen molar-refractivity contribution in [2.75, 3.05) is 7.11 Å².